The van der Waals surface area contributed by atoms with Crippen LogP contribution < -0.4 is 24.5 Å². The lowest BCUT2D eigenvalue weighted by Gasteiger charge is -2.28. The van der Waals surface area contributed by atoms with Crippen LogP contribution >= 0.6 is 11.3 Å². The molecule has 220 valence electrons. The number of hydrogen-bond acceptors (Lipinski definition) is 7. The molecule has 0 spiro atoms. The van der Waals surface area contributed by atoms with Crippen LogP contribution in [0.25, 0.3) is 16.3 Å². The molecular weight excluding hydrogens is 562 g/mol. The van der Waals surface area contributed by atoms with Gasteiger partial charge in [-0.25, -0.2) is 9.79 Å². The Labute approximate surface area is 253 Å². The number of carbonyl (C=O) groups is 2. The van der Waals surface area contributed by atoms with Gasteiger partial charge in [-0.3, -0.25) is 14.2 Å². The van der Waals surface area contributed by atoms with E-state index in [1.54, 1.807) is 23.5 Å². The molecule has 9 heteroatoms. The Morgan fingerprint density at radius 1 is 1.02 bits per heavy atom. The maximum atomic E-state index is 14.6. The summed E-state index contributed by atoms with van der Waals surface area (Å²) in [6.07, 6.45) is 1.24. The monoisotopic (exact) mass is 595 g/mol. The molecule has 0 saturated heterocycles. The highest BCUT2D eigenvalue weighted by molar-refractivity contribution is 7.07. The van der Waals surface area contributed by atoms with Crippen LogP contribution in [-0.2, 0) is 14.3 Å². The number of benzene rings is 3. The summed E-state index contributed by atoms with van der Waals surface area (Å²) in [6, 6.07) is 18.2. The maximum Gasteiger partial charge on any atom is 0.338 e. The molecule has 0 N–H and O–H groups in total. The van der Waals surface area contributed by atoms with Crippen molar-refractivity contribution in [3.8, 4) is 5.75 Å². The second-order valence-corrected chi connectivity index (χ2v) is 11.8. The van der Waals surface area contributed by atoms with Crippen molar-refractivity contribution in [1.29, 1.82) is 0 Å². The highest BCUT2D eigenvalue weighted by atomic mass is 32.1. The molecule has 6 rings (SSSR count). The lowest BCUT2D eigenvalue weighted by atomic mass is 9.90. The van der Waals surface area contributed by atoms with E-state index in [0.717, 1.165) is 22.9 Å². The van der Waals surface area contributed by atoms with E-state index in [-0.39, 0.29) is 24.1 Å². The predicted octanol–water partition coefficient (Wildman–Crippen LogP) is 4.87. The van der Waals surface area contributed by atoms with Gasteiger partial charge >= 0.3 is 5.97 Å². The number of amides is 1. The fraction of sp³-hybridized carbons (Fsp3) is 0.294. The van der Waals surface area contributed by atoms with Crippen LogP contribution in [0.15, 0.2) is 81.7 Å². The number of carbonyl (C=O) groups excluding carboxylic acids is 2. The number of hydrogen-bond donors (Lipinski definition) is 0. The lowest BCUT2D eigenvalue weighted by molar-refractivity contribution is -0.139. The van der Waals surface area contributed by atoms with Crippen molar-refractivity contribution in [3.05, 3.63) is 103 Å². The largest absolute Gasteiger partial charge is 0.496 e. The van der Waals surface area contributed by atoms with Gasteiger partial charge < -0.3 is 14.4 Å². The topological polar surface area (TPSA) is 90.2 Å². The number of thiazole rings is 1. The van der Waals surface area contributed by atoms with Crippen molar-refractivity contribution < 1.29 is 19.1 Å². The van der Waals surface area contributed by atoms with Gasteiger partial charge in [0, 0.05) is 17.2 Å². The second kappa shape index (κ2) is 11.3. The van der Waals surface area contributed by atoms with E-state index in [2.05, 4.69) is 0 Å². The molecule has 3 aromatic carbocycles. The van der Waals surface area contributed by atoms with Crippen molar-refractivity contribution in [3.63, 3.8) is 0 Å². The first-order chi connectivity index (χ1) is 20.8. The SMILES string of the molecule is CCCC1=C(C(=O)OCC)[C@H](c2c(OC)ccc3ccccc23)n2c(s/c(=C3/C(=O)N(C(C)C)c4ccccc43)c2=O)=N1. The number of aromatic nitrogens is 1. The molecule has 2 aliphatic heterocycles. The zero-order chi connectivity index (χ0) is 30.4. The van der Waals surface area contributed by atoms with Crippen molar-refractivity contribution >= 4 is 45.2 Å². The zero-order valence-corrected chi connectivity index (χ0v) is 25.7. The van der Waals surface area contributed by atoms with Crippen LogP contribution in [0, 0.1) is 0 Å². The summed E-state index contributed by atoms with van der Waals surface area (Å²) in [5, 5.41) is 1.78. The van der Waals surface area contributed by atoms with Gasteiger partial charge in [0.05, 0.1) is 36.2 Å². The van der Waals surface area contributed by atoms with Crippen molar-refractivity contribution in [2.75, 3.05) is 18.6 Å². The number of anilines is 1. The Balaban J connectivity index is 1.75. The number of methoxy groups -OCH3 is 1. The highest BCUT2D eigenvalue weighted by Crippen LogP contribution is 2.41. The summed E-state index contributed by atoms with van der Waals surface area (Å²) in [4.78, 5) is 49.4. The molecule has 1 aromatic heterocycles. The molecule has 0 saturated carbocycles. The number of esters is 1. The maximum absolute atomic E-state index is 14.6. The lowest BCUT2D eigenvalue weighted by Crippen LogP contribution is -2.41. The summed E-state index contributed by atoms with van der Waals surface area (Å²) in [5.74, 6) is -0.213. The van der Waals surface area contributed by atoms with E-state index in [1.807, 2.05) is 81.4 Å². The van der Waals surface area contributed by atoms with Crippen LogP contribution in [0.5, 0.6) is 5.75 Å². The standard InChI is InChI=1S/C34H33N3O5S/c1-6-12-23-28(33(40)42-7-2)29(26-21-14-9-8-13-20(21)17-18-25(26)41-5)37-32(39)30(43-34(37)35-23)27-22-15-10-11-16-24(22)36(19(3)4)31(27)38/h8-11,13-19,29H,6-7,12H2,1-5H3/b30-27+/t29-/m0/s1. The van der Waals surface area contributed by atoms with Gasteiger partial charge in [0.2, 0.25) is 0 Å². The molecule has 4 aromatic rings. The average Bonchev–Trinajstić information content (AvgIpc) is 3.48. The third-order valence-electron chi connectivity index (χ3n) is 7.90. The predicted molar refractivity (Wildman–Crippen MR) is 168 cm³/mol. The molecule has 0 fully saturated rings. The fourth-order valence-corrected chi connectivity index (χ4v) is 7.26. The Morgan fingerprint density at radius 2 is 1.77 bits per heavy atom. The third kappa shape index (κ3) is 4.50. The zero-order valence-electron chi connectivity index (χ0n) is 24.8. The first kappa shape index (κ1) is 28.6. The molecular formula is C34H33N3O5S. The Morgan fingerprint density at radius 3 is 2.49 bits per heavy atom. The van der Waals surface area contributed by atoms with Gasteiger partial charge in [-0.2, -0.15) is 0 Å². The van der Waals surface area contributed by atoms with Gasteiger partial charge in [0.15, 0.2) is 4.80 Å². The molecule has 2 aliphatic rings. The number of fused-ring (bicyclic) bond motifs is 3. The van der Waals surface area contributed by atoms with Crippen molar-refractivity contribution in [2.24, 2.45) is 4.99 Å². The van der Waals surface area contributed by atoms with E-state index < -0.39 is 12.0 Å². The molecule has 0 aliphatic carbocycles. The first-order valence-corrected chi connectivity index (χ1v) is 15.4. The van der Waals surface area contributed by atoms with E-state index in [4.69, 9.17) is 14.5 Å². The second-order valence-electron chi connectivity index (χ2n) is 10.8. The molecule has 1 atom stereocenters. The van der Waals surface area contributed by atoms with Crippen LogP contribution in [-0.4, -0.2) is 36.2 Å². The number of nitrogens with zero attached hydrogens (tertiary/aromatic N) is 3. The van der Waals surface area contributed by atoms with Gasteiger partial charge in [-0.05, 0) is 50.1 Å². The molecule has 0 radical (unpaired) electrons. The van der Waals surface area contributed by atoms with Gasteiger partial charge in [0.1, 0.15) is 16.3 Å². The highest BCUT2D eigenvalue weighted by Gasteiger charge is 2.39. The molecule has 0 unspecified atom stereocenters. The summed E-state index contributed by atoms with van der Waals surface area (Å²) >= 11 is 1.19. The summed E-state index contributed by atoms with van der Waals surface area (Å²) in [5.41, 5.74) is 3.01. The summed E-state index contributed by atoms with van der Waals surface area (Å²) in [7, 11) is 1.58. The summed E-state index contributed by atoms with van der Waals surface area (Å²) in [6.45, 7) is 7.85. The van der Waals surface area contributed by atoms with Crippen LogP contribution in [0.4, 0.5) is 5.69 Å². The smallest absolute Gasteiger partial charge is 0.338 e. The third-order valence-corrected chi connectivity index (χ3v) is 8.95. The van der Waals surface area contributed by atoms with E-state index in [9.17, 15) is 14.4 Å². The molecule has 0 bridgehead atoms. The molecule has 1 amide bonds. The average molecular weight is 596 g/mol. The van der Waals surface area contributed by atoms with Gasteiger partial charge in [-0.15, -0.1) is 0 Å². The van der Waals surface area contributed by atoms with Gasteiger partial charge in [-0.1, -0.05) is 73.2 Å². The Hall–Kier alpha value is -4.50. The van der Waals surface area contributed by atoms with E-state index >= 15 is 0 Å². The molecule has 8 nitrogen and oxygen atoms in total. The number of ether oxygens (including phenoxy) is 2. The number of allylic oxidation sites excluding steroid dienone is 1. The Kier molecular flexibility index (Phi) is 7.52. The quantitative estimate of drug-likeness (QED) is 0.285. The minimum Gasteiger partial charge on any atom is -0.496 e. The van der Waals surface area contributed by atoms with E-state index in [0.29, 0.717) is 49.5 Å². The van der Waals surface area contributed by atoms with Crippen LogP contribution in [0.3, 0.4) is 0 Å². The first-order valence-electron chi connectivity index (χ1n) is 14.5. The van der Waals surface area contributed by atoms with E-state index in [1.165, 1.54) is 11.3 Å². The van der Waals surface area contributed by atoms with Gasteiger partial charge in [0.25, 0.3) is 11.5 Å². The minimum absolute atomic E-state index is 0.103. The van der Waals surface area contributed by atoms with Crippen LogP contribution in [0.2, 0.25) is 0 Å². The van der Waals surface area contributed by atoms with Crippen LogP contribution in [0.1, 0.15) is 57.7 Å². The van der Waals surface area contributed by atoms with Crippen molar-refractivity contribution in [1.82, 2.24) is 4.57 Å². The number of rotatable bonds is 7. The Bertz CT molecular complexity index is 2000. The normalized spacial score (nSPS) is 17.3. The van der Waals surface area contributed by atoms with Crippen molar-refractivity contribution in [2.45, 2.75) is 52.6 Å². The molecule has 43 heavy (non-hydrogen) atoms. The summed E-state index contributed by atoms with van der Waals surface area (Å²) < 4.78 is 13.3. The number of para-hydroxylation sites is 1. The fourth-order valence-electron chi connectivity index (χ4n) is 6.15. The minimum atomic E-state index is -0.875. The molecule has 3 heterocycles.